The quantitative estimate of drug-likeness (QED) is 0.768. The molecule has 0 aliphatic rings. The van der Waals surface area contributed by atoms with E-state index >= 15 is 0 Å². The molecule has 0 saturated carbocycles. The molecule has 2 N–H and O–H groups in total. The van der Waals surface area contributed by atoms with E-state index in [9.17, 15) is 4.79 Å². The van der Waals surface area contributed by atoms with Gasteiger partial charge in [-0.3, -0.25) is 4.79 Å². The third kappa shape index (κ3) is 5.19. The van der Waals surface area contributed by atoms with E-state index in [-0.39, 0.29) is 12.5 Å². The highest BCUT2D eigenvalue weighted by atomic mass is 16.5. The minimum Gasteiger partial charge on any atom is -0.484 e. The van der Waals surface area contributed by atoms with Crippen molar-refractivity contribution in [3.63, 3.8) is 0 Å². The topological polar surface area (TPSA) is 50.4 Å². The van der Waals surface area contributed by atoms with Gasteiger partial charge in [0.15, 0.2) is 6.61 Å². The Bertz CT molecular complexity index is 363. The lowest BCUT2D eigenvalue weighted by molar-refractivity contribution is -0.122. The van der Waals surface area contributed by atoms with Gasteiger partial charge in [0.2, 0.25) is 0 Å². The summed E-state index contributed by atoms with van der Waals surface area (Å²) < 4.78 is 5.38. The van der Waals surface area contributed by atoms with Gasteiger partial charge < -0.3 is 15.4 Å². The second-order valence-electron chi connectivity index (χ2n) is 4.28. The van der Waals surface area contributed by atoms with E-state index in [4.69, 9.17) is 4.74 Å². The third-order valence-corrected chi connectivity index (χ3v) is 2.70. The van der Waals surface area contributed by atoms with Crippen molar-refractivity contribution in [1.82, 2.24) is 10.6 Å². The summed E-state index contributed by atoms with van der Waals surface area (Å²) in [5.74, 6) is 0.632. The van der Waals surface area contributed by atoms with Crippen molar-refractivity contribution in [3.05, 3.63) is 29.8 Å². The van der Waals surface area contributed by atoms with Gasteiger partial charge >= 0.3 is 0 Å². The van der Waals surface area contributed by atoms with E-state index in [0.717, 1.165) is 12.2 Å². The Morgan fingerprint density at radius 3 is 2.56 bits per heavy atom. The molecule has 0 radical (unpaired) electrons. The minimum absolute atomic E-state index is 0.0695. The predicted molar refractivity (Wildman–Crippen MR) is 72.8 cm³/mol. The van der Waals surface area contributed by atoms with Crippen molar-refractivity contribution in [1.29, 1.82) is 0 Å². The smallest absolute Gasteiger partial charge is 0.257 e. The fourth-order valence-electron chi connectivity index (χ4n) is 1.57. The summed E-state index contributed by atoms with van der Waals surface area (Å²) in [6.07, 6.45) is 0.979. The number of carbonyl (C=O) groups is 1. The molecule has 0 heterocycles. The van der Waals surface area contributed by atoms with Gasteiger partial charge in [-0.25, -0.2) is 0 Å². The third-order valence-electron chi connectivity index (χ3n) is 2.70. The first-order valence-electron chi connectivity index (χ1n) is 6.31. The molecular formula is C14H22N2O2. The summed E-state index contributed by atoms with van der Waals surface area (Å²) in [5, 5.41) is 5.89. The summed E-state index contributed by atoms with van der Waals surface area (Å²) in [5.41, 5.74) is 1.25. The number of benzene rings is 1. The van der Waals surface area contributed by atoms with E-state index in [2.05, 4.69) is 17.6 Å². The van der Waals surface area contributed by atoms with Crippen LogP contribution in [0.15, 0.2) is 24.3 Å². The second kappa shape index (κ2) is 7.71. The number of rotatable bonds is 7. The van der Waals surface area contributed by atoms with Crippen LogP contribution in [-0.2, 0) is 11.2 Å². The van der Waals surface area contributed by atoms with E-state index in [0.29, 0.717) is 12.6 Å². The van der Waals surface area contributed by atoms with Crippen molar-refractivity contribution in [2.75, 3.05) is 20.2 Å². The Balaban J connectivity index is 2.42. The van der Waals surface area contributed by atoms with Crippen molar-refractivity contribution >= 4 is 5.91 Å². The van der Waals surface area contributed by atoms with Crippen molar-refractivity contribution < 1.29 is 9.53 Å². The van der Waals surface area contributed by atoms with Crippen LogP contribution in [0.4, 0.5) is 0 Å². The molecule has 4 nitrogen and oxygen atoms in total. The molecule has 0 bridgehead atoms. The van der Waals surface area contributed by atoms with Gasteiger partial charge in [0.25, 0.3) is 5.91 Å². The summed E-state index contributed by atoms with van der Waals surface area (Å²) in [4.78, 5) is 11.2. The molecule has 100 valence electrons. The normalized spacial score (nSPS) is 11.9. The van der Waals surface area contributed by atoms with E-state index in [1.165, 1.54) is 5.56 Å². The highest BCUT2D eigenvalue weighted by Crippen LogP contribution is 2.13. The predicted octanol–water partition coefficient (Wildman–Crippen LogP) is 1.35. The Morgan fingerprint density at radius 2 is 2.00 bits per heavy atom. The molecular weight excluding hydrogens is 228 g/mol. The lowest BCUT2D eigenvalue weighted by Crippen LogP contribution is -2.28. The zero-order valence-electron chi connectivity index (χ0n) is 11.3. The average molecular weight is 250 g/mol. The zero-order chi connectivity index (χ0) is 13.4. The van der Waals surface area contributed by atoms with Crippen LogP contribution >= 0.6 is 0 Å². The molecule has 0 fully saturated rings. The number of hydrogen-bond donors (Lipinski definition) is 2. The molecule has 1 atom stereocenters. The zero-order valence-corrected chi connectivity index (χ0v) is 11.3. The van der Waals surface area contributed by atoms with Crippen molar-refractivity contribution in [2.45, 2.75) is 26.3 Å². The van der Waals surface area contributed by atoms with Gasteiger partial charge in [0, 0.05) is 12.6 Å². The lowest BCUT2D eigenvalue weighted by atomic mass is 10.1. The number of nitrogens with one attached hydrogen (secondary N) is 2. The maximum Gasteiger partial charge on any atom is 0.257 e. The van der Waals surface area contributed by atoms with Gasteiger partial charge in [-0.1, -0.05) is 12.1 Å². The van der Waals surface area contributed by atoms with Crippen LogP contribution < -0.4 is 15.4 Å². The van der Waals surface area contributed by atoms with Gasteiger partial charge in [0.1, 0.15) is 5.75 Å². The minimum atomic E-state index is -0.0922. The van der Waals surface area contributed by atoms with Crippen LogP contribution in [-0.4, -0.2) is 32.1 Å². The maximum atomic E-state index is 11.2. The molecule has 0 saturated heterocycles. The standard InChI is InChI=1S/C14H22N2O2/c1-4-16-14(17)10-18-13-7-5-12(6-8-13)9-11(2)15-3/h5-8,11,15H,4,9-10H2,1-3H3,(H,16,17). The molecule has 1 rings (SSSR count). The first kappa shape index (κ1) is 14.5. The fraction of sp³-hybridized carbons (Fsp3) is 0.500. The van der Waals surface area contributed by atoms with Crippen LogP contribution in [0.3, 0.4) is 0 Å². The van der Waals surface area contributed by atoms with Gasteiger partial charge in [-0.2, -0.15) is 0 Å². The monoisotopic (exact) mass is 250 g/mol. The maximum absolute atomic E-state index is 11.2. The highest BCUT2D eigenvalue weighted by molar-refractivity contribution is 5.77. The molecule has 1 unspecified atom stereocenters. The molecule has 0 aliphatic carbocycles. The number of likely N-dealkylation sites (N-methyl/N-ethyl adjacent to an activating group) is 2. The highest BCUT2D eigenvalue weighted by Gasteiger charge is 2.03. The summed E-state index contributed by atoms with van der Waals surface area (Å²) >= 11 is 0. The second-order valence-corrected chi connectivity index (χ2v) is 4.28. The van der Waals surface area contributed by atoms with E-state index < -0.39 is 0 Å². The molecule has 4 heteroatoms. The largest absolute Gasteiger partial charge is 0.484 e. The number of hydrogen-bond acceptors (Lipinski definition) is 3. The van der Waals surface area contributed by atoms with Crippen LogP contribution in [0.5, 0.6) is 5.75 Å². The first-order valence-corrected chi connectivity index (χ1v) is 6.31. The molecule has 1 aromatic rings. The van der Waals surface area contributed by atoms with Crippen LogP contribution in [0.25, 0.3) is 0 Å². The van der Waals surface area contributed by atoms with Gasteiger partial charge in [-0.05, 0) is 45.0 Å². The molecule has 0 aromatic heterocycles. The number of amides is 1. The van der Waals surface area contributed by atoms with Crippen molar-refractivity contribution in [2.24, 2.45) is 0 Å². The van der Waals surface area contributed by atoms with Gasteiger partial charge in [0.05, 0.1) is 0 Å². The Morgan fingerprint density at radius 1 is 1.33 bits per heavy atom. The summed E-state index contributed by atoms with van der Waals surface area (Å²) in [7, 11) is 1.95. The van der Waals surface area contributed by atoms with E-state index in [1.54, 1.807) is 0 Å². The van der Waals surface area contributed by atoms with Crippen LogP contribution in [0.1, 0.15) is 19.4 Å². The number of carbonyl (C=O) groups excluding carboxylic acids is 1. The Hall–Kier alpha value is -1.55. The molecule has 18 heavy (non-hydrogen) atoms. The molecule has 1 aromatic carbocycles. The summed E-state index contributed by atoms with van der Waals surface area (Å²) in [6.45, 7) is 4.72. The first-order chi connectivity index (χ1) is 8.65. The number of ether oxygens (including phenoxy) is 1. The molecule has 0 spiro atoms. The molecule has 0 aliphatic heterocycles. The average Bonchev–Trinajstić information content (AvgIpc) is 2.38. The Kier molecular flexibility index (Phi) is 6.22. The fourth-order valence-corrected chi connectivity index (χ4v) is 1.57. The SMILES string of the molecule is CCNC(=O)COc1ccc(CC(C)NC)cc1. The summed E-state index contributed by atoms with van der Waals surface area (Å²) in [6, 6.07) is 8.31. The van der Waals surface area contributed by atoms with Crippen molar-refractivity contribution in [3.8, 4) is 5.75 Å². The van der Waals surface area contributed by atoms with Crippen LogP contribution in [0, 0.1) is 0 Å². The Labute approximate surface area is 109 Å². The van der Waals surface area contributed by atoms with Crippen LogP contribution in [0.2, 0.25) is 0 Å². The van der Waals surface area contributed by atoms with Gasteiger partial charge in [-0.15, -0.1) is 0 Å². The van der Waals surface area contributed by atoms with E-state index in [1.807, 2.05) is 38.2 Å². The molecule has 1 amide bonds. The lowest BCUT2D eigenvalue weighted by Gasteiger charge is -2.11.